The fourth-order valence-electron chi connectivity index (χ4n) is 2.16. The van der Waals surface area contributed by atoms with Crippen molar-refractivity contribution in [3.8, 4) is 0 Å². The molecule has 1 aliphatic heterocycles. The fourth-order valence-corrected chi connectivity index (χ4v) is 5.34. The molecule has 15 nitrogen and oxygen atoms in total. The van der Waals surface area contributed by atoms with E-state index >= 15 is 0 Å². The monoisotopic (exact) mass is 484 g/mol. The number of aliphatic hydroxyl groups is 1. The van der Waals surface area contributed by atoms with Gasteiger partial charge in [-0.25, -0.2) is 18.5 Å². The normalized spacial score (nSPS) is 27.2. The topological polar surface area (TPSA) is 227 Å². The lowest BCUT2D eigenvalue weighted by molar-refractivity contribution is -0.0449. The van der Waals surface area contributed by atoms with Gasteiger partial charge in [-0.05, 0) is 6.07 Å². The fraction of sp³-hybridized carbons (Fsp3) is 0.556. The van der Waals surface area contributed by atoms with E-state index in [1.807, 2.05) is 0 Å². The van der Waals surface area contributed by atoms with Gasteiger partial charge in [0.2, 0.25) is 0 Å². The zero-order valence-electron chi connectivity index (χ0n) is 13.5. The quantitative estimate of drug-likeness (QED) is 0.209. The van der Waals surface area contributed by atoms with Crippen molar-refractivity contribution in [3.05, 3.63) is 27.4 Å². The van der Waals surface area contributed by atoms with Gasteiger partial charge in [-0.2, -0.15) is 8.62 Å². The second-order valence-corrected chi connectivity index (χ2v) is 10.2. The molecule has 1 aromatic rings. The van der Waals surface area contributed by atoms with Gasteiger partial charge in [-0.1, -0.05) is 12.2 Å². The zero-order chi connectivity index (χ0) is 21.3. The van der Waals surface area contributed by atoms with Crippen LogP contribution in [-0.2, 0) is 31.6 Å². The summed E-state index contributed by atoms with van der Waals surface area (Å²) in [7, 11) is -16.5. The molecule has 1 aliphatic rings. The molecule has 2 rings (SSSR count). The molecule has 28 heavy (non-hydrogen) atoms. The van der Waals surface area contributed by atoms with Crippen molar-refractivity contribution in [3.63, 3.8) is 0 Å². The molecule has 0 amide bonds. The van der Waals surface area contributed by atoms with Gasteiger partial charge in [0, 0.05) is 12.6 Å². The van der Waals surface area contributed by atoms with E-state index in [-0.39, 0.29) is 11.1 Å². The van der Waals surface area contributed by atoms with Crippen molar-refractivity contribution in [1.29, 1.82) is 0 Å². The molecule has 1 fully saturated rings. The van der Waals surface area contributed by atoms with Gasteiger partial charge < -0.3 is 29.4 Å². The summed E-state index contributed by atoms with van der Waals surface area (Å²) < 4.78 is 51.5. The van der Waals surface area contributed by atoms with Crippen LogP contribution in [0.2, 0.25) is 0 Å². The van der Waals surface area contributed by atoms with Crippen LogP contribution in [0.3, 0.4) is 0 Å². The molecule has 5 atom stereocenters. The van der Waals surface area contributed by atoms with Crippen LogP contribution in [0.5, 0.6) is 0 Å². The molecule has 0 radical (unpaired) electrons. The highest BCUT2D eigenvalue weighted by molar-refractivity contribution is 7.71. The molecule has 2 unspecified atom stereocenters. The Bertz CT molecular complexity index is 970. The second-order valence-electron chi connectivity index (χ2n) is 5.34. The van der Waals surface area contributed by atoms with Crippen molar-refractivity contribution in [2.45, 2.75) is 24.9 Å². The molecule has 2 heterocycles. The standard InChI is InChI=1S/C9H15N2O13P3S/c12-5-3-8(11-2-1-7(28)10-9(11)13)22-6(5)4-21-26(17,18)24-27(19,20)23-25(14,15)16/h1-2,5-6,8,12H,3-4H2,(H,17,18)(H,19,20)(H,10,13,28)(H2,14,15,16)/t5-,6+,8+/m0/s1. The molecule has 0 spiro atoms. The maximum Gasteiger partial charge on any atom is 0.490 e. The first-order chi connectivity index (χ1) is 12.7. The highest BCUT2D eigenvalue weighted by Crippen LogP contribution is 2.66. The minimum atomic E-state index is -5.65. The van der Waals surface area contributed by atoms with E-state index in [9.17, 15) is 28.5 Å². The third kappa shape index (κ3) is 7.04. The molecule has 19 heteroatoms. The van der Waals surface area contributed by atoms with Gasteiger partial charge in [0.25, 0.3) is 0 Å². The van der Waals surface area contributed by atoms with E-state index in [0.29, 0.717) is 0 Å². The number of phosphoric ester groups is 1. The molecular formula is C9H15N2O13P3S. The molecule has 0 aliphatic carbocycles. The van der Waals surface area contributed by atoms with Crippen LogP contribution in [-0.4, -0.2) is 53.0 Å². The first-order valence-electron chi connectivity index (χ1n) is 7.11. The summed E-state index contributed by atoms with van der Waals surface area (Å²) in [6.45, 7) is -0.834. The van der Waals surface area contributed by atoms with Gasteiger partial charge in [0.1, 0.15) is 17.0 Å². The Morgan fingerprint density at radius 3 is 2.43 bits per heavy atom. The SMILES string of the molecule is O=c1[nH]c(=S)ccn1[C@H]1C[C@H](O)[C@@H](COP(=O)(O)OP(=O)(O)OP(=O)(O)O)O1. The number of H-pyrrole nitrogens is 1. The van der Waals surface area contributed by atoms with E-state index in [1.54, 1.807) is 0 Å². The smallest absolute Gasteiger partial charge is 0.390 e. The van der Waals surface area contributed by atoms with Crippen molar-refractivity contribution in [2.75, 3.05) is 6.61 Å². The number of hydrogen-bond acceptors (Lipinski definition) is 10. The number of phosphoric acid groups is 3. The van der Waals surface area contributed by atoms with Gasteiger partial charge in [-0.3, -0.25) is 14.1 Å². The lowest BCUT2D eigenvalue weighted by Crippen LogP contribution is -2.28. The number of rotatable bonds is 8. The number of aromatic nitrogens is 2. The van der Waals surface area contributed by atoms with Crippen molar-refractivity contribution >= 4 is 35.7 Å². The summed E-state index contributed by atoms with van der Waals surface area (Å²) in [6.07, 6.45) is -2.26. The third-order valence-corrected chi connectivity index (χ3v) is 7.22. The van der Waals surface area contributed by atoms with Crippen LogP contribution in [0, 0.1) is 4.64 Å². The molecule has 0 saturated carbocycles. The average molecular weight is 484 g/mol. The number of hydrogen-bond donors (Lipinski definition) is 6. The van der Waals surface area contributed by atoms with E-state index in [0.717, 1.165) is 4.57 Å². The van der Waals surface area contributed by atoms with Crippen LogP contribution >= 0.6 is 35.7 Å². The largest absolute Gasteiger partial charge is 0.490 e. The summed E-state index contributed by atoms with van der Waals surface area (Å²) in [5.74, 6) is 0. The minimum absolute atomic E-state index is 0.102. The van der Waals surface area contributed by atoms with Crippen LogP contribution in [0.25, 0.3) is 0 Å². The lowest BCUT2D eigenvalue weighted by atomic mass is 10.2. The van der Waals surface area contributed by atoms with E-state index in [4.69, 9.17) is 31.6 Å². The molecule has 160 valence electrons. The Balaban J connectivity index is 1.99. The number of ether oxygens (including phenoxy) is 1. The van der Waals surface area contributed by atoms with Crippen LogP contribution in [0.15, 0.2) is 17.1 Å². The van der Waals surface area contributed by atoms with Crippen molar-refractivity contribution in [1.82, 2.24) is 9.55 Å². The summed E-state index contributed by atoms with van der Waals surface area (Å²) >= 11 is 4.78. The Morgan fingerprint density at radius 2 is 1.86 bits per heavy atom. The van der Waals surface area contributed by atoms with Gasteiger partial charge in [0.15, 0.2) is 0 Å². The highest BCUT2D eigenvalue weighted by atomic mass is 32.1. The van der Waals surface area contributed by atoms with E-state index < -0.39 is 54.2 Å². The first-order valence-corrected chi connectivity index (χ1v) is 12.0. The maximum atomic E-state index is 11.8. The summed E-state index contributed by atoms with van der Waals surface area (Å²) in [5, 5.41) is 9.95. The average Bonchev–Trinajstić information content (AvgIpc) is 2.82. The van der Waals surface area contributed by atoms with E-state index in [2.05, 4.69) is 18.1 Å². The van der Waals surface area contributed by atoms with E-state index in [1.165, 1.54) is 12.3 Å². The lowest BCUT2D eigenvalue weighted by Gasteiger charge is -2.19. The van der Waals surface area contributed by atoms with Gasteiger partial charge in [-0.15, -0.1) is 0 Å². The predicted molar refractivity (Wildman–Crippen MR) is 90.2 cm³/mol. The summed E-state index contributed by atoms with van der Waals surface area (Å²) in [4.78, 5) is 49.5. The number of nitrogens with zero attached hydrogens (tertiary/aromatic N) is 1. The molecule has 6 N–H and O–H groups in total. The summed E-state index contributed by atoms with van der Waals surface area (Å²) in [5.41, 5.74) is -0.627. The molecule has 1 aromatic heterocycles. The molecular weight excluding hydrogens is 469 g/mol. The van der Waals surface area contributed by atoms with Crippen molar-refractivity contribution in [2.24, 2.45) is 0 Å². The van der Waals surface area contributed by atoms with Crippen LogP contribution < -0.4 is 5.69 Å². The predicted octanol–water partition coefficient (Wildman–Crippen LogP) is -0.102. The number of nitrogens with one attached hydrogen (secondary N) is 1. The Labute approximate surface area is 160 Å². The Hall–Kier alpha value is -0.570. The Morgan fingerprint density at radius 1 is 1.21 bits per heavy atom. The van der Waals surface area contributed by atoms with Gasteiger partial charge >= 0.3 is 29.2 Å². The maximum absolute atomic E-state index is 11.8. The molecule has 0 bridgehead atoms. The Kier molecular flexibility index (Phi) is 7.33. The minimum Gasteiger partial charge on any atom is -0.390 e. The first kappa shape index (κ1) is 23.7. The highest BCUT2D eigenvalue weighted by Gasteiger charge is 2.42. The zero-order valence-corrected chi connectivity index (χ0v) is 17.0. The molecule has 0 aromatic carbocycles. The van der Waals surface area contributed by atoms with Crippen molar-refractivity contribution < 1.29 is 56.3 Å². The van der Waals surface area contributed by atoms with Crippen LogP contribution in [0.4, 0.5) is 0 Å². The second kappa shape index (κ2) is 8.66. The van der Waals surface area contributed by atoms with Crippen LogP contribution in [0.1, 0.15) is 12.6 Å². The summed E-state index contributed by atoms with van der Waals surface area (Å²) in [6, 6.07) is 1.39. The number of aromatic amines is 1. The molecule has 1 saturated heterocycles. The van der Waals surface area contributed by atoms with Gasteiger partial charge in [0.05, 0.1) is 12.7 Å². The number of aliphatic hydroxyl groups excluding tert-OH is 1. The third-order valence-electron chi connectivity index (χ3n) is 3.18.